The molecular formula is C24H23N3O4S. The Bertz CT molecular complexity index is 1420. The van der Waals surface area contributed by atoms with E-state index in [1.165, 1.54) is 0 Å². The maximum absolute atomic E-state index is 12.9. The SMILES string of the molecule is Cc1ccc(-n2c(C)cc(C(=O)COC(=O)c3sc4nc(C)[nH]c(=O)c4c3C)c2C)cc1. The van der Waals surface area contributed by atoms with Gasteiger partial charge in [-0.15, -0.1) is 11.3 Å². The summed E-state index contributed by atoms with van der Waals surface area (Å²) in [5.74, 6) is -0.443. The molecule has 0 spiro atoms. The summed E-state index contributed by atoms with van der Waals surface area (Å²) in [5.41, 5.74) is 4.56. The lowest BCUT2D eigenvalue weighted by atomic mass is 10.1. The number of ether oxygens (including phenoxy) is 1. The average molecular weight is 450 g/mol. The molecule has 0 aliphatic heterocycles. The summed E-state index contributed by atoms with van der Waals surface area (Å²) in [6, 6.07) is 9.86. The minimum Gasteiger partial charge on any atom is -0.453 e. The number of Topliss-reactive ketones (excluding diaryl/α,β-unsaturated/α-hetero) is 1. The van der Waals surface area contributed by atoms with E-state index < -0.39 is 5.97 Å². The van der Waals surface area contributed by atoms with Crippen molar-refractivity contribution in [3.05, 3.63) is 79.5 Å². The number of ketones is 1. The zero-order valence-electron chi connectivity index (χ0n) is 18.5. The Morgan fingerprint density at radius 1 is 1.09 bits per heavy atom. The Balaban J connectivity index is 1.55. The van der Waals surface area contributed by atoms with Crippen LogP contribution in [0.2, 0.25) is 0 Å². The predicted molar refractivity (Wildman–Crippen MR) is 124 cm³/mol. The molecule has 8 heteroatoms. The number of nitrogens with one attached hydrogen (secondary N) is 1. The van der Waals surface area contributed by atoms with E-state index in [0.29, 0.717) is 27.2 Å². The number of carbonyl (C=O) groups is 2. The van der Waals surface area contributed by atoms with E-state index in [2.05, 4.69) is 9.97 Å². The van der Waals surface area contributed by atoms with Gasteiger partial charge in [-0.1, -0.05) is 17.7 Å². The van der Waals surface area contributed by atoms with E-state index in [4.69, 9.17) is 4.74 Å². The second-order valence-electron chi connectivity index (χ2n) is 7.84. The second kappa shape index (κ2) is 8.20. The number of benzene rings is 1. The molecule has 0 radical (unpaired) electrons. The molecule has 0 saturated heterocycles. The minimum atomic E-state index is -0.636. The Hall–Kier alpha value is -3.52. The molecule has 0 unspecified atom stereocenters. The van der Waals surface area contributed by atoms with Crippen molar-refractivity contribution in [1.82, 2.24) is 14.5 Å². The van der Waals surface area contributed by atoms with Gasteiger partial charge >= 0.3 is 5.97 Å². The zero-order chi connectivity index (χ0) is 23.2. The molecule has 0 aliphatic carbocycles. The van der Waals surface area contributed by atoms with E-state index in [-0.39, 0.29) is 22.8 Å². The summed E-state index contributed by atoms with van der Waals surface area (Å²) in [6.45, 7) is 8.81. The highest BCUT2D eigenvalue weighted by molar-refractivity contribution is 7.20. The largest absolute Gasteiger partial charge is 0.453 e. The van der Waals surface area contributed by atoms with Crippen molar-refractivity contribution in [2.24, 2.45) is 0 Å². The maximum Gasteiger partial charge on any atom is 0.349 e. The first-order chi connectivity index (χ1) is 15.2. The van der Waals surface area contributed by atoms with Crippen LogP contribution in [-0.2, 0) is 4.74 Å². The van der Waals surface area contributed by atoms with Gasteiger partial charge in [0.1, 0.15) is 15.5 Å². The van der Waals surface area contributed by atoms with Gasteiger partial charge in [-0.25, -0.2) is 9.78 Å². The molecule has 0 bridgehead atoms. The van der Waals surface area contributed by atoms with Crippen LogP contribution >= 0.6 is 11.3 Å². The van der Waals surface area contributed by atoms with Crippen LogP contribution in [-0.4, -0.2) is 32.9 Å². The fourth-order valence-corrected chi connectivity index (χ4v) is 4.98. The number of rotatable bonds is 5. The highest BCUT2D eigenvalue weighted by Gasteiger charge is 2.22. The number of esters is 1. The normalized spacial score (nSPS) is 11.2. The Kier molecular flexibility index (Phi) is 5.56. The van der Waals surface area contributed by atoms with Crippen molar-refractivity contribution in [3.63, 3.8) is 0 Å². The van der Waals surface area contributed by atoms with Gasteiger partial charge in [0.15, 0.2) is 6.61 Å². The van der Waals surface area contributed by atoms with Crippen LogP contribution in [0.3, 0.4) is 0 Å². The molecule has 3 aromatic heterocycles. The molecule has 32 heavy (non-hydrogen) atoms. The van der Waals surface area contributed by atoms with Crippen molar-refractivity contribution >= 4 is 33.3 Å². The quantitative estimate of drug-likeness (QED) is 0.361. The zero-order valence-corrected chi connectivity index (χ0v) is 19.3. The van der Waals surface area contributed by atoms with Gasteiger partial charge in [-0.3, -0.25) is 9.59 Å². The predicted octanol–water partition coefficient (Wildman–Crippen LogP) is 4.36. The van der Waals surface area contributed by atoms with Gasteiger partial charge in [-0.05, 0) is 58.4 Å². The van der Waals surface area contributed by atoms with E-state index in [0.717, 1.165) is 34.0 Å². The summed E-state index contributed by atoms with van der Waals surface area (Å²) < 4.78 is 7.33. The topological polar surface area (TPSA) is 94.0 Å². The smallest absolute Gasteiger partial charge is 0.349 e. The standard InChI is InChI=1S/C24H23N3O4S/c1-12-6-8-17(9-7-12)27-13(2)10-18(15(27)4)19(28)11-31-24(30)21-14(3)20-22(29)25-16(5)26-23(20)32-21/h6-10H,11H2,1-5H3,(H,25,26,29). The number of H-pyrrole nitrogens is 1. The summed E-state index contributed by atoms with van der Waals surface area (Å²) in [5, 5.41) is 0.375. The summed E-state index contributed by atoms with van der Waals surface area (Å²) in [4.78, 5) is 45.4. The van der Waals surface area contributed by atoms with Crippen molar-refractivity contribution in [1.29, 1.82) is 0 Å². The monoisotopic (exact) mass is 449 g/mol. The van der Waals surface area contributed by atoms with Crippen molar-refractivity contribution in [3.8, 4) is 5.69 Å². The third-order valence-electron chi connectivity index (χ3n) is 5.46. The molecule has 4 rings (SSSR count). The Morgan fingerprint density at radius 2 is 1.78 bits per heavy atom. The third-order valence-corrected chi connectivity index (χ3v) is 6.63. The average Bonchev–Trinajstić information content (AvgIpc) is 3.22. The van der Waals surface area contributed by atoms with E-state index in [1.54, 1.807) is 13.8 Å². The van der Waals surface area contributed by atoms with Gasteiger partial charge in [0.25, 0.3) is 5.56 Å². The Labute approximate surface area is 188 Å². The number of aromatic nitrogens is 3. The molecule has 0 atom stereocenters. The molecule has 7 nitrogen and oxygen atoms in total. The molecule has 0 saturated carbocycles. The number of hydrogen-bond donors (Lipinski definition) is 1. The molecule has 1 N–H and O–H groups in total. The van der Waals surface area contributed by atoms with Gasteiger partial charge in [0.05, 0.1) is 5.39 Å². The lowest BCUT2D eigenvalue weighted by Crippen LogP contribution is -2.15. The molecule has 1 aromatic carbocycles. The first-order valence-electron chi connectivity index (χ1n) is 10.1. The van der Waals surface area contributed by atoms with Gasteiger partial charge in [0.2, 0.25) is 5.78 Å². The number of fused-ring (bicyclic) bond motifs is 1. The number of aryl methyl sites for hydroxylation is 4. The molecular weight excluding hydrogens is 426 g/mol. The summed E-state index contributed by atoms with van der Waals surface area (Å²) >= 11 is 1.09. The number of carbonyl (C=O) groups excluding carboxylic acids is 2. The molecule has 0 fully saturated rings. The highest BCUT2D eigenvalue weighted by atomic mass is 32.1. The van der Waals surface area contributed by atoms with E-state index in [9.17, 15) is 14.4 Å². The summed E-state index contributed by atoms with van der Waals surface area (Å²) in [7, 11) is 0. The van der Waals surface area contributed by atoms with Crippen LogP contribution in [0.1, 0.15) is 48.4 Å². The summed E-state index contributed by atoms with van der Waals surface area (Å²) in [6.07, 6.45) is 0. The van der Waals surface area contributed by atoms with Gasteiger partial charge in [-0.2, -0.15) is 0 Å². The molecule has 4 aromatic rings. The van der Waals surface area contributed by atoms with Crippen molar-refractivity contribution < 1.29 is 14.3 Å². The first-order valence-corrected chi connectivity index (χ1v) is 11.0. The fraction of sp³-hybridized carbons (Fsp3) is 0.250. The lowest BCUT2D eigenvalue weighted by Gasteiger charge is -2.10. The van der Waals surface area contributed by atoms with Crippen LogP contribution in [0.5, 0.6) is 0 Å². The lowest BCUT2D eigenvalue weighted by molar-refractivity contribution is 0.0479. The van der Waals surface area contributed by atoms with Gasteiger partial charge in [0, 0.05) is 22.6 Å². The maximum atomic E-state index is 12.9. The molecule has 164 valence electrons. The van der Waals surface area contributed by atoms with Crippen LogP contribution in [0.4, 0.5) is 0 Å². The van der Waals surface area contributed by atoms with Crippen LogP contribution in [0.15, 0.2) is 35.1 Å². The number of thiophene rings is 1. The van der Waals surface area contributed by atoms with Gasteiger partial charge < -0.3 is 14.3 Å². The second-order valence-corrected chi connectivity index (χ2v) is 8.84. The molecule has 3 heterocycles. The van der Waals surface area contributed by atoms with Crippen molar-refractivity contribution in [2.45, 2.75) is 34.6 Å². The fourth-order valence-electron chi connectivity index (χ4n) is 3.86. The number of nitrogens with zero attached hydrogens (tertiary/aromatic N) is 2. The molecule has 0 aliphatic rings. The highest BCUT2D eigenvalue weighted by Crippen LogP contribution is 2.28. The number of hydrogen-bond acceptors (Lipinski definition) is 6. The van der Waals surface area contributed by atoms with Crippen LogP contribution in [0, 0.1) is 34.6 Å². The van der Waals surface area contributed by atoms with E-state index >= 15 is 0 Å². The Morgan fingerprint density at radius 3 is 2.47 bits per heavy atom. The van der Waals surface area contributed by atoms with Crippen LogP contribution < -0.4 is 5.56 Å². The number of aromatic amines is 1. The van der Waals surface area contributed by atoms with Crippen molar-refractivity contribution in [2.75, 3.05) is 6.61 Å². The third kappa shape index (κ3) is 3.78. The van der Waals surface area contributed by atoms with Crippen LogP contribution in [0.25, 0.3) is 15.9 Å². The first kappa shape index (κ1) is 21.7. The minimum absolute atomic E-state index is 0.279. The van der Waals surface area contributed by atoms with E-state index in [1.807, 2.05) is 55.7 Å². The molecule has 0 amide bonds.